The molecular weight excluding hydrogens is 642 g/mol. The van der Waals surface area contributed by atoms with Gasteiger partial charge >= 0.3 is 5.69 Å². The van der Waals surface area contributed by atoms with Gasteiger partial charge in [-0.05, 0) is 61.6 Å². The van der Waals surface area contributed by atoms with Gasteiger partial charge in [0.05, 0.1) is 16.8 Å². The summed E-state index contributed by atoms with van der Waals surface area (Å²) in [6.45, 7) is 11.2. The number of benzene rings is 1. The minimum Gasteiger partial charge on any atom is -0.349 e. The molecule has 0 unspecified atom stereocenters. The van der Waals surface area contributed by atoms with E-state index in [1.54, 1.807) is 17.2 Å². The van der Waals surface area contributed by atoms with Gasteiger partial charge in [0.2, 0.25) is 5.91 Å². The molecule has 1 amide bonds. The second-order valence-corrected chi connectivity index (χ2v) is 14.1. The van der Waals surface area contributed by atoms with Crippen LogP contribution in [0.4, 0.5) is 14.6 Å². The largest absolute Gasteiger partial charge is 0.355 e. The van der Waals surface area contributed by atoms with Crippen LogP contribution in [0.5, 0.6) is 0 Å². The number of amides is 1. The van der Waals surface area contributed by atoms with Crippen LogP contribution >= 0.6 is 0 Å². The van der Waals surface area contributed by atoms with Crippen molar-refractivity contribution in [1.82, 2.24) is 28.7 Å². The van der Waals surface area contributed by atoms with E-state index in [0.29, 0.717) is 23.5 Å². The summed E-state index contributed by atoms with van der Waals surface area (Å²) in [5.74, 6) is -2.00. The van der Waals surface area contributed by atoms with E-state index in [4.69, 9.17) is 5.14 Å². The van der Waals surface area contributed by atoms with Crippen LogP contribution < -0.4 is 15.7 Å². The molecule has 5 heterocycles. The number of carbonyl (C=O) groups is 1. The smallest absolute Gasteiger partial charge is 0.349 e. The number of rotatable bonds is 4. The van der Waals surface area contributed by atoms with Gasteiger partial charge in [-0.1, -0.05) is 32.6 Å². The number of anilines is 1. The third kappa shape index (κ3) is 5.75. The summed E-state index contributed by atoms with van der Waals surface area (Å²) < 4.78 is 59.9. The van der Waals surface area contributed by atoms with Gasteiger partial charge < -0.3 is 9.80 Å². The molecule has 3 aromatic heterocycles. The first-order valence-corrected chi connectivity index (χ1v) is 17.1. The van der Waals surface area contributed by atoms with Gasteiger partial charge in [-0.25, -0.2) is 28.3 Å². The maximum Gasteiger partial charge on any atom is 0.355 e. The number of halogens is 2. The summed E-state index contributed by atoms with van der Waals surface area (Å²) in [6, 6.07) is 6.25. The van der Waals surface area contributed by atoms with Crippen molar-refractivity contribution >= 4 is 33.0 Å². The molecule has 2 bridgehead atoms. The van der Waals surface area contributed by atoms with Gasteiger partial charge in [0.1, 0.15) is 23.1 Å². The second-order valence-electron chi connectivity index (χ2n) is 12.5. The van der Waals surface area contributed by atoms with Crippen LogP contribution in [0.15, 0.2) is 54.0 Å². The second kappa shape index (κ2) is 12.5. The molecule has 1 aromatic carbocycles. The Morgan fingerprint density at radius 2 is 1.83 bits per heavy atom. The zero-order valence-corrected chi connectivity index (χ0v) is 27.8. The molecule has 0 aliphatic carbocycles. The van der Waals surface area contributed by atoms with Gasteiger partial charge in [0, 0.05) is 50.0 Å². The number of piperazine rings is 1. The van der Waals surface area contributed by atoms with Crippen LogP contribution in [-0.2, 0) is 28.0 Å². The minimum absolute atomic E-state index is 0.0279. The predicted molar refractivity (Wildman–Crippen MR) is 178 cm³/mol. The molecule has 2 N–H and O–H groups in total. The van der Waals surface area contributed by atoms with E-state index in [1.165, 1.54) is 28.8 Å². The van der Waals surface area contributed by atoms with Crippen LogP contribution in [0.2, 0.25) is 0 Å². The number of hydrogen-bond donors (Lipinski definition) is 1. The van der Waals surface area contributed by atoms with Gasteiger partial charge in [-0.3, -0.25) is 9.78 Å². The van der Waals surface area contributed by atoms with E-state index < -0.39 is 33.2 Å². The average molecular weight is 679 g/mol. The van der Waals surface area contributed by atoms with Crippen LogP contribution in [0.3, 0.4) is 0 Å². The monoisotopic (exact) mass is 678 g/mol. The highest BCUT2D eigenvalue weighted by Crippen LogP contribution is 2.36. The topological polar surface area (TPSA) is 148 Å². The molecule has 0 saturated carbocycles. The average Bonchev–Trinajstić information content (AvgIpc) is 3.02. The predicted octanol–water partition coefficient (Wildman–Crippen LogP) is 3.42. The number of carbonyl (C=O) groups excluding carboxylic acids is 1. The van der Waals surface area contributed by atoms with Gasteiger partial charge in [0.15, 0.2) is 5.65 Å². The fourth-order valence-corrected chi connectivity index (χ4v) is 7.30. The van der Waals surface area contributed by atoms with Crippen molar-refractivity contribution < 1.29 is 22.0 Å². The molecular formula is C33H36F2N8O4S. The summed E-state index contributed by atoms with van der Waals surface area (Å²) in [5, 5.41) is 5.81. The lowest BCUT2D eigenvalue weighted by molar-refractivity contribution is -0.128. The quantitative estimate of drug-likeness (QED) is 0.323. The van der Waals surface area contributed by atoms with Crippen LogP contribution in [0.25, 0.3) is 28.0 Å². The first kappa shape index (κ1) is 33.3. The zero-order valence-electron chi connectivity index (χ0n) is 27.0. The minimum atomic E-state index is -4.30. The van der Waals surface area contributed by atoms with Gasteiger partial charge in [-0.2, -0.15) is 17.7 Å². The molecule has 4 aromatic rings. The Hall–Kier alpha value is -4.60. The van der Waals surface area contributed by atoms with Gasteiger partial charge in [0.25, 0.3) is 10.2 Å². The molecule has 1 saturated heterocycles. The van der Waals surface area contributed by atoms with Crippen molar-refractivity contribution in [1.29, 1.82) is 0 Å². The van der Waals surface area contributed by atoms with Gasteiger partial charge in [-0.15, -0.1) is 0 Å². The highest BCUT2D eigenvalue weighted by molar-refractivity contribution is 7.86. The summed E-state index contributed by atoms with van der Waals surface area (Å²) >= 11 is 0. The maximum absolute atomic E-state index is 16.4. The number of hydrogen-bond acceptors (Lipinski definition) is 8. The van der Waals surface area contributed by atoms with Crippen molar-refractivity contribution in [3.8, 4) is 16.9 Å². The van der Waals surface area contributed by atoms with Crippen molar-refractivity contribution in [2.24, 2.45) is 5.14 Å². The Kier molecular flexibility index (Phi) is 8.64. The number of pyridine rings is 2. The molecule has 6 rings (SSSR count). The van der Waals surface area contributed by atoms with Crippen LogP contribution in [0.1, 0.15) is 50.4 Å². The highest BCUT2D eigenvalue weighted by atomic mass is 32.2. The third-order valence-electron chi connectivity index (χ3n) is 9.00. The Balaban J connectivity index is 1.71. The first-order valence-electron chi connectivity index (χ1n) is 15.6. The van der Waals surface area contributed by atoms with Crippen LogP contribution in [0, 0.1) is 11.6 Å². The lowest BCUT2D eigenvalue weighted by Gasteiger charge is -2.44. The maximum atomic E-state index is 16.4. The Morgan fingerprint density at radius 3 is 2.52 bits per heavy atom. The number of aromatic nitrogens is 4. The molecule has 0 spiro atoms. The lowest BCUT2D eigenvalue weighted by atomic mass is 10.00. The molecule has 48 heavy (non-hydrogen) atoms. The molecule has 12 nitrogen and oxygen atoms in total. The summed E-state index contributed by atoms with van der Waals surface area (Å²) in [7, 11) is -4.30. The standard InChI is InChI=1S/C33H36F2N8O4S/c1-6-26(44)41-15-20(5)42(16-19(41)4)31-23-14-25(35)29-27-22(8-7-9-24(27)34)17-40(48(36,46)47)13-11-21-10-12-37-28(18(2)3)30(21)43(32(23)38-29)33(45)39-31/h6-10,12,14,18-20H,1,11,13,15-17H2,2-5H3,(H2,36,46,47)/t19-,20+/m1/s1. The highest BCUT2D eigenvalue weighted by Gasteiger charge is 2.35. The molecule has 2 aliphatic rings. The molecule has 1 fully saturated rings. The molecule has 15 heteroatoms. The van der Waals surface area contributed by atoms with Crippen molar-refractivity contribution in [3.05, 3.63) is 88.1 Å². The van der Waals surface area contributed by atoms with Crippen molar-refractivity contribution in [2.45, 2.75) is 58.7 Å². The normalized spacial score (nSPS) is 18.8. The molecule has 2 atom stereocenters. The Bertz CT molecular complexity index is 2140. The Labute approximate surface area is 276 Å². The van der Waals surface area contributed by atoms with E-state index in [1.807, 2.05) is 32.6 Å². The Morgan fingerprint density at radius 1 is 1.08 bits per heavy atom. The summed E-state index contributed by atoms with van der Waals surface area (Å²) in [5.41, 5.74) is 0.166. The third-order valence-corrected chi connectivity index (χ3v) is 10.0. The van der Waals surface area contributed by atoms with Crippen LogP contribution in [-0.4, -0.2) is 74.8 Å². The SMILES string of the molecule is C=CC(=O)N1C[C@H](C)N(c2nc(=O)n3c4nc(c(F)cc24)-c2c(F)cccc2CN(S(N)(=O)=O)CCc2ccnc(C(C)C)c2-3)C[C@H]1C. The number of nitrogens with two attached hydrogens (primary N) is 1. The van der Waals surface area contributed by atoms with E-state index in [9.17, 15) is 18.0 Å². The summed E-state index contributed by atoms with van der Waals surface area (Å²) in [6.07, 6.45) is 2.93. The first-order chi connectivity index (χ1) is 22.7. The molecule has 2 aliphatic heterocycles. The van der Waals surface area contributed by atoms with E-state index in [2.05, 4.69) is 21.5 Å². The number of fused-ring (bicyclic) bond motifs is 5. The molecule has 252 valence electrons. The molecule has 0 radical (unpaired) electrons. The van der Waals surface area contributed by atoms with Crippen molar-refractivity contribution in [2.75, 3.05) is 24.5 Å². The van der Waals surface area contributed by atoms with E-state index >= 15 is 8.78 Å². The van der Waals surface area contributed by atoms with E-state index in [-0.39, 0.29) is 77.9 Å². The zero-order chi connectivity index (χ0) is 34.7. The van der Waals surface area contributed by atoms with E-state index in [0.717, 1.165) is 10.4 Å². The fraction of sp³-hybridized carbons (Fsp3) is 0.364. The summed E-state index contributed by atoms with van der Waals surface area (Å²) in [4.78, 5) is 44.1. The number of nitrogens with zero attached hydrogens (tertiary/aromatic N) is 7. The lowest BCUT2D eigenvalue weighted by Crippen LogP contribution is -2.58. The fourth-order valence-electron chi connectivity index (χ4n) is 6.64. The van der Waals surface area contributed by atoms with Crippen molar-refractivity contribution in [3.63, 3.8) is 0 Å².